The highest BCUT2D eigenvalue weighted by Crippen LogP contribution is 2.14. The summed E-state index contributed by atoms with van der Waals surface area (Å²) >= 11 is 0. The molecular formula is C24H23N5O3. The average molecular weight is 429 g/mol. The van der Waals surface area contributed by atoms with E-state index in [0.29, 0.717) is 40.9 Å². The van der Waals surface area contributed by atoms with Gasteiger partial charge in [-0.15, -0.1) is 0 Å². The Morgan fingerprint density at radius 3 is 2.56 bits per heavy atom. The summed E-state index contributed by atoms with van der Waals surface area (Å²) in [6.45, 7) is 2.32. The first-order valence-corrected chi connectivity index (χ1v) is 10.3. The number of nitrogens with one attached hydrogen (secondary N) is 1. The number of aromatic nitrogens is 4. The third-order valence-corrected chi connectivity index (χ3v) is 5.31. The minimum Gasteiger partial charge on any atom is -0.331 e. The second-order valence-electron chi connectivity index (χ2n) is 7.63. The van der Waals surface area contributed by atoms with Gasteiger partial charge < -0.3 is 9.88 Å². The number of carbonyl (C=O) groups is 2. The molecule has 0 fully saturated rings. The Morgan fingerprint density at radius 2 is 1.84 bits per heavy atom. The fraction of sp³-hybridized carbons (Fsp3) is 0.208. The van der Waals surface area contributed by atoms with Gasteiger partial charge in [0.25, 0.3) is 5.56 Å². The third-order valence-electron chi connectivity index (χ3n) is 5.31. The van der Waals surface area contributed by atoms with E-state index in [9.17, 15) is 14.4 Å². The summed E-state index contributed by atoms with van der Waals surface area (Å²) in [4.78, 5) is 45.8. The van der Waals surface area contributed by atoms with Crippen LogP contribution in [0.5, 0.6) is 0 Å². The van der Waals surface area contributed by atoms with Gasteiger partial charge in [-0.2, -0.15) is 0 Å². The standard InChI is InChI=1S/C24H23N5O3/c1-16-5-3-6-19-21(16)26-15-29(24(19)32)13-4-7-20(30)27-18-10-8-17(9-11-18)22(31)23-25-12-14-28(23)2/h3,5-6,8-12,14-15H,4,7,13H2,1-2H3,(H,27,30). The Morgan fingerprint density at radius 1 is 1.06 bits per heavy atom. The number of hydrogen-bond acceptors (Lipinski definition) is 5. The number of para-hydroxylation sites is 1. The van der Waals surface area contributed by atoms with Gasteiger partial charge in [-0.1, -0.05) is 12.1 Å². The minimum absolute atomic E-state index is 0.105. The van der Waals surface area contributed by atoms with Gasteiger partial charge >= 0.3 is 0 Å². The van der Waals surface area contributed by atoms with Crippen molar-refractivity contribution < 1.29 is 9.59 Å². The summed E-state index contributed by atoms with van der Waals surface area (Å²) in [5, 5.41) is 3.40. The van der Waals surface area contributed by atoms with Crippen LogP contribution in [0.3, 0.4) is 0 Å². The molecule has 2 aromatic heterocycles. The first-order chi connectivity index (χ1) is 15.4. The maximum Gasteiger partial charge on any atom is 0.261 e. The topological polar surface area (TPSA) is 98.9 Å². The second kappa shape index (κ2) is 8.97. The number of amides is 1. The molecule has 0 saturated heterocycles. The molecule has 0 spiro atoms. The van der Waals surface area contributed by atoms with Crippen LogP contribution < -0.4 is 10.9 Å². The number of anilines is 1. The Labute approximate surface area is 184 Å². The zero-order chi connectivity index (χ0) is 22.7. The predicted octanol–water partition coefficient (Wildman–Crippen LogP) is 3.09. The summed E-state index contributed by atoms with van der Waals surface area (Å²) in [6, 6.07) is 12.2. The van der Waals surface area contributed by atoms with Crippen LogP contribution in [0.25, 0.3) is 10.9 Å². The Balaban J connectivity index is 1.33. The second-order valence-corrected chi connectivity index (χ2v) is 7.63. The van der Waals surface area contributed by atoms with Crippen molar-refractivity contribution in [1.29, 1.82) is 0 Å². The van der Waals surface area contributed by atoms with Crippen molar-refractivity contribution in [3.8, 4) is 0 Å². The van der Waals surface area contributed by atoms with E-state index in [1.807, 2.05) is 19.1 Å². The van der Waals surface area contributed by atoms with E-state index in [1.54, 1.807) is 54.3 Å². The molecule has 0 unspecified atom stereocenters. The summed E-state index contributed by atoms with van der Waals surface area (Å²) < 4.78 is 3.20. The SMILES string of the molecule is Cc1cccc2c(=O)n(CCCC(=O)Nc3ccc(C(=O)c4nccn4C)cc3)cnc12. The molecule has 0 aliphatic carbocycles. The molecule has 8 heteroatoms. The zero-order valence-electron chi connectivity index (χ0n) is 17.9. The van der Waals surface area contributed by atoms with Crippen LogP contribution >= 0.6 is 0 Å². The molecule has 0 atom stereocenters. The molecule has 4 rings (SSSR count). The number of aryl methyl sites for hydroxylation is 3. The molecule has 4 aromatic rings. The Bertz CT molecular complexity index is 1350. The van der Waals surface area contributed by atoms with Crippen LogP contribution in [0.1, 0.15) is 34.6 Å². The fourth-order valence-electron chi connectivity index (χ4n) is 3.55. The molecule has 0 radical (unpaired) electrons. The van der Waals surface area contributed by atoms with Gasteiger partial charge in [-0.05, 0) is 49.2 Å². The number of fused-ring (bicyclic) bond motifs is 1. The highest BCUT2D eigenvalue weighted by Gasteiger charge is 2.14. The van der Waals surface area contributed by atoms with Crippen molar-refractivity contribution >= 4 is 28.3 Å². The number of carbonyl (C=O) groups excluding carboxylic acids is 2. The van der Waals surface area contributed by atoms with Gasteiger partial charge in [0.05, 0.1) is 17.2 Å². The molecular weight excluding hydrogens is 406 g/mol. The third kappa shape index (κ3) is 4.34. The smallest absolute Gasteiger partial charge is 0.261 e. The van der Waals surface area contributed by atoms with Crippen molar-refractivity contribution in [3.05, 3.63) is 88.5 Å². The van der Waals surface area contributed by atoms with Crippen LogP contribution in [0.4, 0.5) is 5.69 Å². The molecule has 0 saturated carbocycles. The average Bonchev–Trinajstić information content (AvgIpc) is 3.21. The molecule has 0 aliphatic heterocycles. The highest BCUT2D eigenvalue weighted by molar-refractivity contribution is 6.07. The van der Waals surface area contributed by atoms with E-state index in [4.69, 9.17) is 0 Å². The van der Waals surface area contributed by atoms with Gasteiger partial charge in [-0.25, -0.2) is 9.97 Å². The summed E-state index contributed by atoms with van der Waals surface area (Å²) in [5.74, 6) is 0.0150. The van der Waals surface area contributed by atoms with E-state index in [1.165, 1.54) is 10.9 Å². The number of imidazole rings is 1. The van der Waals surface area contributed by atoms with Crippen molar-refractivity contribution in [2.24, 2.45) is 7.05 Å². The van der Waals surface area contributed by atoms with Gasteiger partial charge in [0.1, 0.15) is 0 Å². The van der Waals surface area contributed by atoms with Gasteiger partial charge in [0.2, 0.25) is 11.7 Å². The van der Waals surface area contributed by atoms with Crippen molar-refractivity contribution in [3.63, 3.8) is 0 Å². The number of benzene rings is 2. The largest absolute Gasteiger partial charge is 0.331 e. The maximum atomic E-state index is 12.6. The lowest BCUT2D eigenvalue weighted by atomic mass is 10.1. The highest BCUT2D eigenvalue weighted by atomic mass is 16.2. The quantitative estimate of drug-likeness (QED) is 0.455. The molecule has 0 aliphatic rings. The van der Waals surface area contributed by atoms with Crippen molar-refractivity contribution in [2.75, 3.05) is 5.32 Å². The zero-order valence-corrected chi connectivity index (χ0v) is 17.9. The first kappa shape index (κ1) is 21.2. The van der Waals surface area contributed by atoms with Crippen molar-refractivity contribution in [1.82, 2.24) is 19.1 Å². The molecule has 1 N–H and O–H groups in total. The number of nitrogens with zero attached hydrogens (tertiary/aromatic N) is 4. The van der Waals surface area contributed by atoms with E-state index in [2.05, 4.69) is 15.3 Å². The lowest BCUT2D eigenvalue weighted by Gasteiger charge is -2.09. The molecule has 0 bridgehead atoms. The maximum absolute atomic E-state index is 12.6. The van der Waals surface area contributed by atoms with E-state index >= 15 is 0 Å². The monoisotopic (exact) mass is 429 g/mol. The lowest BCUT2D eigenvalue weighted by molar-refractivity contribution is -0.116. The summed E-state index contributed by atoms with van der Waals surface area (Å²) in [5.41, 5.74) is 2.66. The van der Waals surface area contributed by atoms with Crippen LogP contribution in [0.15, 0.2) is 66.0 Å². The van der Waals surface area contributed by atoms with E-state index < -0.39 is 0 Å². The van der Waals surface area contributed by atoms with E-state index in [0.717, 1.165) is 5.56 Å². The predicted molar refractivity (Wildman–Crippen MR) is 122 cm³/mol. The molecule has 32 heavy (non-hydrogen) atoms. The number of hydrogen-bond donors (Lipinski definition) is 1. The fourth-order valence-corrected chi connectivity index (χ4v) is 3.55. The number of ketones is 1. The van der Waals surface area contributed by atoms with Crippen LogP contribution in [0, 0.1) is 6.92 Å². The Kier molecular flexibility index (Phi) is 5.93. The van der Waals surface area contributed by atoms with Gasteiger partial charge in [0, 0.05) is 43.7 Å². The van der Waals surface area contributed by atoms with Gasteiger partial charge in [0.15, 0.2) is 5.82 Å². The minimum atomic E-state index is -0.181. The Hall–Kier alpha value is -4.07. The lowest BCUT2D eigenvalue weighted by Crippen LogP contribution is -2.22. The van der Waals surface area contributed by atoms with Crippen LogP contribution in [-0.2, 0) is 18.4 Å². The van der Waals surface area contributed by atoms with Crippen LogP contribution in [-0.4, -0.2) is 30.8 Å². The van der Waals surface area contributed by atoms with Crippen LogP contribution in [0.2, 0.25) is 0 Å². The van der Waals surface area contributed by atoms with Crippen molar-refractivity contribution in [2.45, 2.75) is 26.3 Å². The van der Waals surface area contributed by atoms with Gasteiger partial charge in [-0.3, -0.25) is 19.0 Å². The summed E-state index contributed by atoms with van der Waals surface area (Å²) in [7, 11) is 1.76. The molecule has 2 aromatic carbocycles. The first-order valence-electron chi connectivity index (χ1n) is 10.3. The normalized spacial score (nSPS) is 10.9. The van der Waals surface area contributed by atoms with E-state index in [-0.39, 0.29) is 23.7 Å². The number of rotatable bonds is 7. The molecule has 8 nitrogen and oxygen atoms in total. The molecule has 2 heterocycles. The molecule has 1 amide bonds. The summed E-state index contributed by atoms with van der Waals surface area (Å²) in [6.07, 6.45) is 5.58. The molecule has 162 valence electrons.